The van der Waals surface area contributed by atoms with Crippen LogP contribution >= 0.6 is 0 Å². The minimum atomic E-state index is -4.90. The summed E-state index contributed by atoms with van der Waals surface area (Å²) in [6.07, 6.45) is -4.07. The van der Waals surface area contributed by atoms with Crippen molar-refractivity contribution in [2.24, 2.45) is 16.9 Å². The van der Waals surface area contributed by atoms with Crippen molar-refractivity contribution in [2.75, 3.05) is 0 Å². The van der Waals surface area contributed by atoms with E-state index in [2.05, 4.69) is 5.10 Å². The van der Waals surface area contributed by atoms with Gasteiger partial charge in [-0.3, -0.25) is 4.79 Å². The van der Waals surface area contributed by atoms with Crippen molar-refractivity contribution in [2.45, 2.75) is 51.4 Å². The maximum absolute atomic E-state index is 13.0. The highest BCUT2D eigenvalue weighted by Gasteiger charge is 2.64. The summed E-state index contributed by atoms with van der Waals surface area (Å²) in [7, 11) is 0. The minimum absolute atomic E-state index is 0.118. The van der Waals surface area contributed by atoms with E-state index >= 15 is 0 Å². The molecule has 1 atom stereocenters. The molecule has 0 aromatic rings. The Morgan fingerprint density at radius 2 is 2.11 bits per heavy atom. The molecule has 1 heterocycles. The first kappa shape index (κ1) is 14.3. The Balaban J connectivity index is 2.26. The molecule has 1 N–H and O–H groups in total. The molecular weight excluding hydrogens is 261 g/mol. The zero-order chi connectivity index (χ0) is 14.4. The van der Waals surface area contributed by atoms with Crippen LogP contribution in [0.2, 0.25) is 0 Å². The Morgan fingerprint density at radius 1 is 1.53 bits per heavy atom. The van der Waals surface area contributed by atoms with E-state index in [9.17, 15) is 23.1 Å². The predicted molar refractivity (Wildman–Crippen MR) is 62.1 cm³/mol. The van der Waals surface area contributed by atoms with Gasteiger partial charge in [0.1, 0.15) is 0 Å². The van der Waals surface area contributed by atoms with Crippen LogP contribution < -0.4 is 0 Å². The quantitative estimate of drug-likeness (QED) is 0.861. The van der Waals surface area contributed by atoms with Crippen LogP contribution in [-0.2, 0) is 4.79 Å². The van der Waals surface area contributed by atoms with Crippen LogP contribution in [0.15, 0.2) is 5.10 Å². The summed E-state index contributed by atoms with van der Waals surface area (Å²) in [5.41, 5.74) is -2.94. The Kier molecular flexibility index (Phi) is 3.36. The highest BCUT2D eigenvalue weighted by atomic mass is 19.4. The molecule has 1 saturated carbocycles. The summed E-state index contributed by atoms with van der Waals surface area (Å²) in [6.45, 7) is 3.70. The normalized spacial score (nSPS) is 27.9. The molecule has 0 radical (unpaired) electrons. The fourth-order valence-corrected chi connectivity index (χ4v) is 2.16. The third-order valence-electron chi connectivity index (χ3n) is 3.28. The second-order valence-electron chi connectivity index (χ2n) is 5.68. The van der Waals surface area contributed by atoms with Crippen LogP contribution in [0.4, 0.5) is 13.2 Å². The summed E-state index contributed by atoms with van der Waals surface area (Å²) in [5, 5.41) is 13.9. The smallest absolute Gasteiger partial charge is 0.362 e. The van der Waals surface area contributed by atoms with Gasteiger partial charge in [0.2, 0.25) is 5.91 Å². The summed E-state index contributed by atoms with van der Waals surface area (Å²) in [5.74, 6) is -1.03. The molecule has 0 saturated heterocycles. The van der Waals surface area contributed by atoms with Crippen molar-refractivity contribution >= 4 is 11.6 Å². The molecule has 1 aliphatic carbocycles. The Morgan fingerprint density at radius 3 is 2.53 bits per heavy atom. The molecule has 7 heteroatoms. The van der Waals surface area contributed by atoms with E-state index in [-0.39, 0.29) is 16.6 Å². The number of hydrazone groups is 1. The molecule has 1 aliphatic heterocycles. The third kappa shape index (κ3) is 2.61. The largest absolute Gasteiger partial charge is 0.438 e. The second-order valence-corrected chi connectivity index (χ2v) is 5.68. The van der Waals surface area contributed by atoms with E-state index in [0.29, 0.717) is 19.3 Å². The molecule has 2 rings (SSSR count). The number of rotatable bonds is 3. The molecule has 1 fully saturated rings. The van der Waals surface area contributed by atoms with E-state index < -0.39 is 30.1 Å². The Hall–Kier alpha value is -1.11. The lowest BCUT2D eigenvalue weighted by Crippen LogP contribution is -2.57. The number of carbonyl (C=O) groups is 1. The number of hydrogen-bond donors (Lipinski definition) is 1. The first-order chi connectivity index (χ1) is 8.65. The standard InChI is InChI=1S/C12H17F3N2O2/c1-7(2)5-9-6-11(19,12(13,14)15)17(16-9)10(18)8-3-4-8/h7-8,19H,3-6H2,1-2H3/t11-/m1/s1. The lowest BCUT2D eigenvalue weighted by molar-refractivity contribution is -0.302. The Bertz CT molecular complexity index is 416. The van der Waals surface area contributed by atoms with Crippen molar-refractivity contribution in [3.05, 3.63) is 0 Å². The van der Waals surface area contributed by atoms with E-state index in [0.717, 1.165) is 0 Å². The molecule has 4 nitrogen and oxygen atoms in total. The second kappa shape index (κ2) is 4.47. The number of nitrogens with zero attached hydrogens (tertiary/aromatic N) is 2. The molecule has 108 valence electrons. The molecule has 0 spiro atoms. The lowest BCUT2D eigenvalue weighted by Gasteiger charge is -2.32. The third-order valence-corrected chi connectivity index (χ3v) is 3.28. The van der Waals surface area contributed by atoms with Crippen molar-refractivity contribution in [1.29, 1.82) is 0 Å². The number of hydrogen-bond acceptors (Lipinski definition) is 3. The SMILES string of the molecule is CC(C)CC1=NN(C(=O)C2CC2)[C@](O)(C(F)(F)F)C1. The maximum atomic E-state index is 13.0. The number of alkyl halides is 3. The van der Waals surface area contributed by atoms with Crippen molar-refractivity contribution in [1.82, 2.24) is 5.01 Å². The molecule has 0 unspecified atom stereocenters. The Labute approximate surface area is 109 Å². The molecule has 0 bridgehead atoms. The van der Waals surface area contributed by atoms with Crippen LogP contribution in [0.1, 0.15) is 39.5 Å². The summed E-state index contributed by atoms with van der Waals surface area (Å²) >= 11 is 0. The monoisotopic (exact) mass is 278 g/mol. The van der Waals surface area contributed by atoms with Crippen LogP contribution in [0, 0.1) is 11.8 Å². The first-order valence-corrected chi connectivity index (χ1v) is 6.34. The van der Waals surface area contributed by atoms with E-state index in [4.69, 9.17) is 0 Å². The van der Waals surface area contributed by atoms with Crippen molar-refractivity contribution < 1.29 is 23.1 Å². The van der Waals surface area contributed by atoms with E-state index in [1.54, 1.807) is 0 Å². The van der Waals surface area contributed by atoms with Gasteiger partial charge in [0.05, 0.1) is 0 Å². The van der Waals surface area contributed by atoms with Gasteiger partial charge in [0.15, 0.2) is 0 Å². The molecule has 1 amide bonds. The average molecular weight is 278 g/mol. The first-order valence-electron chi connectivity index (χ1n) is 6.34. The highest BCUT2D eigenvalue weighted by Crippen LogP contribution is 2.44. The van der Waals surface area contributed by atoms with Gasteiger partial charge in [0.25, 0.3) is 5.72 Å². The van der Waals surface area contributed by atoms with Crippen LogP contribution in [-0.4, -0.2) is 33.6 Å². The summed E-state index contributed by atoms with van der Waals surface area (Å²) in [4.78, 5) is 11.9. The molecule has 2 aliphatic rings. The van der Waals surface area contributed by atoms with Crippen LogP contribution in [0.3, 0.4) is 0 Å². The van der Waals surface area contributed by atoms with Crippen LogP contribution in [0.5, 0.6) is 0 Å². The fourth-order valence-electron chi connectivity index (χ4n) is 2.16. The highest BCUT2D eigenvalue weighted by molar-refractivity contribution is 5.92. The molecule has 0 aromatic heterocycles. The van der Waals surface area contributed by atoms with Gasteiger partial charge in [-0.15, -0.1) is 0 Å². The fraction of sp³-hybridized carbons (Fsp3) is 0.833. The zero-order valence-electron chi connectivity index (χ0n) is 10.9. The molecular formula is C12H17F3N2O2. The number of carbonyl (C=O) groups excluding carboxylic acids is 1. The number of amides is 1. The van der Waals surface area contributed by atoms with Crippen molar-refractivity contribution in [3.8, 4) is 0 Å². The van der Waals surface area contributed by atoms with E-state index in [1.807, 2.05) is 13.8 Å². The number of halogens is 3. The minimum Gasteiger partial charge on any atom is -0.362 e. The average Bonchev–Trinajstić information content (AvgIpc) is 3.01. The zero-order valence-corrected chi connectivity index (χ0v) is 10.9. The number of aliphatic hydroxyl groups is 1. The van der Waals surface area contributed by atoms with Gasteiger partial charge in [-0.1, -0.05) is 13.8 Å². The van der Waals surface area contributed by atoms with Gasteiger partial charge in [-0.25, -0.2) is 0 Å². The maximum Gasteiger partial charge on any atom is 0.438 e. The lowest BCUT2D eigenvalue weighted by atomic mass is 9.99. The van der Waals surface area contributed by atoms with Gasteiger partial charge in [-0.05, 0) is 25.2 Å². The predicted octanol–water partition coefficient (Wildman–Crippen LogP) is 2.28. The van der Waals surface area contributed by atoms with Gasteiger partial charge < -0.3 is 5.11 Å². The summed E-state index contributed by atoms with van der Waals surface area (Å²) < 4.78 is 39.1. The van der Waals surface area contributed by atoms with Gasteiger partial charge in [-0.2, -0.15) is 23.3 Å². The molecule has 19 heavy (non-hydrogen) atoms. The van der Waals surface area contributed by atoms with Crippen molar-refractivity contribution in [3.63, 3.8) is 0 Å². The van der Waals surface area contributed by atoms with Crippen LogP contribution in [0.25, 0.3) is 0 Å². The molecule has 0 aromatic carbocycles. The van der Waals surface area contributed by atoms with Gasteiger partial charge >= 0.3 is 6.18 Å². The van der Waals surface area contributed by atoms with Gasteiger partial charge in [0, 0.05) is 18.1 Å². The topological polar surface area (TPSA) is 52.9 Å². The summed E-state index contributed by atoms with van der Waals surface area (Å²) in [6, 6.07) is 0. The van der Waals surface area contributed by atoms with E-state index in [1.165, 1.54) is 0 Å².